The zero-order valence-corrected chi connectivity index (χ0v) is 11.6. The Kier molecular flexibility index (Phi) is 5.72. The van der Waals surface area contributed by atoms with Gasteiger partial charge in [-0.2, -0.15) is 0 Å². The first kappa shape index (κ1) is 13.9. The molecule has 16 heavy (non-hydrogen) atoms. The van der Waals surface area contributed by atoms with E-state index in [1.54, 1.807) is 7.11 Å². The van der Waals surface area contributed by atoms with Crippen LogP contribution in [-0.4, -0.2) is 55.2 Å². The number of ether oxygens (including phenoxy) is 2. The molecular weight excluding hydrogens is 274 g/mol. The Morgan fingerprint density at radius 3 is 2.81 bits per heavy atom. The molecular formula is C11H20BrNO3. The zero-order valence-electron chi connectivity index (χ0n) is 10.00. The first-order valence-electron chi connectivity index (χ1n) is 5.62. The molecule has 0 aromatic rings. The van der Waals surface area contributed by atoms with Crippen molar-refractivity contribution in [2.75, 3.05) is 38.7 Å². The van der Waals surface area contributed by atoms with Crippen molar-refractivity contribution in [3.8, 4) is 0 Å². The number of alkyl halides is 1. The minimum Gasteiger partial charge on any atom is -0.383 e. The zero-order chi connectivity index (χ0) is 12.0. The van der Waals surface area contributed by atoms with Gasteiger partial charge in [0.05, 0.1) is 6.61 Å². The first-order chi connectivity index (χ1) is 7.64. The Morgan fingerprint density at radius 2 is 2.31 bits per heavy atom. The highest BCUT2D eigenvalue weighted by Gasteiger charge is 2.40. The third-order valence-corrected chi connectivity index (χ3v) is 3.23. The van der Waals surface area contributed by atoms with E-state index in [0.717, 1.165) is 18.2 Å². The number of methoxy groups -OCH3 is 1. The number of carbonyl (C=O) groups is 1. The highest BCUT2D eigenvalue weighted by atomic mass is 79.9. The van der Waals surface area contributed by atoms with Gasteiger partial charge in [-0.15, -0.1) is 0 Å². The molecule has 1 atom stereocenters. The molecule has 1 saturated heterocycles. The van der Waals surface area contributed by atoms with Crippen LogP contribution >= 0.6 is 15.9 Å². The average molecular weight is 294 g/mol. The second kappa shape index (κ2) is 6.57. The van der Waals surface area contributed by atoms with Crippen molar-refractivity contribution in [3.05, 3.63) is 0 Å². The van der Waals surface area contributed by atoms with Gasteiger partial charge in [0.2, 0.25) is 0 Å². The average Bonchev–Trinajstić information content (AvgIpc) is 2.72. The third kappa shape index (κ3) is 3.43. The molecule has 1 rings (SSSR count). The second-order valence-corrected chi connectivity index (χ2v) is 4.95. The summed E-state index contributed by atoms with van der Waals surface area (Å²) in [5.74, 6) is 0.0847. The minimum atomic E-state index is -0.615. The van der Waals surface area contributed by atoms with Crippen LogP contribution in [0, 0.1) is 0 Å². The van der Waals surface area contributed by atoms with Crippen LogP contribution < -0.4 is 0 Å². The monoisotopic (exact) mass is 293 g/mol. The van der Waals surface area contributed by atoms with Crippen molar-refractivity contribution < 1.29 is 14.3 Å². The molecule has 0 spiro atoms. The van der Waals surface area contributed by atoms with Gasteiger partial charge in [0.15, 0.2) is 0 Å². The minimum absolute atomic E-state index is 0.0847. The van der Waals surface area contributed by atoms with E-state index in [2.05, 4.69) is 15.9 Å². The summed E-state index contributed by atoms with van der Waals surface area (Å²) in [6.07, 6.45) is 1.78. The van der Waals surface area contributed by atoms with Crippen molar-refractivity contribution >= 4 is 21.8 Å². The van der Waals surface area contributed by atoms with Gasteiger partial charge in [0, 0.05) is 32.1 Å². The summed E-state index contributed by atoms with van der Waals surface area (Å²) in [6, 6.07) is 0. The lowest BCUT2D eigenvalue weighted by Gasteiger charge is -2.30. The van der Waals surface area contributed by atoms with Crippen molar-refractivity contribution in [3.63, 3.8) is 0 Å². The summed E-state index contributed by atoms with van der Waals surface area (Å²) in [7, 11) is 1.64. The Bertz CT molecular complexity index is 229. The molecule has 1 fully saturated rings. The standard InChI is InChI=1S/C11H20BrNO3/c1-11(4-3-8-16-11)10(14)13(6-5-12)7-9-15-2/h3-9H2,1-2H3. The largest absolute Gasteiger partial charge is 0.383 e. The lowest BCUT2D eigenvalue weighted by atomic mass is 10.0. The molecule has 4 nitrogen and oxygen atoms in total. The smallest absolute Gasteiger partial charge is 0.254 e. The molecule has 0 radical (unpaired) electrons. The van der Waals surface area contributed by atoms with Crippen LogP contribution in [0.1, 0.15) is 19.8 Å². The Hall–Kier alpha value is -0.130. The fraction of sp³-hybridized carbons (Fsp3) is 0.909. The molecule has 0 aliphatic carbocycles. The van der Waals surface area contributed by atoms with Crippen molar-refractivity contribution in [2.24, 2.45) is 0 Å². The first-order valence-corrected chi connectivity index (χ1v) is 6.74. The SMILES string of the molecule is COCCN(CCBr)C(=O)C1(C)CCCO1. The predicted molar refractivity (Wildman–Crippen MR) is 65.8 cm³/mol. The van der Waals surface area contributed by atoms with Crippen LogP contribution in [0.2, 0.25) is 0 Å². The van der Waals surface area contributed by atoms with Gasteiger partial charge in [0.1, 0.15) is 5.60 Å². The Morgan fingerprint density at radius 1 is 1.56 bits per heavy atom. The molecule has 0 N–H and O–H groups in total. The van der Waals surface area contributed by atoms with Crippen LogP contribution in [0.15, 0.2) is 0 Å². The van der Waals surface area contributed by atoms with Crippen molar-refractivity contribution in [2.45, 2.75) is 25.4 Å². The molecule has 1 amide bonds. The molecule has 94 valence electrons. The quantitative estimate of drug-likeness (QED) is 0.696. The number of halogens is 1. The third-order valence-electron chi connectivity index (χ3n) is 2.88. The van der Waals surface area contributed by atoms with Gasteiger partial charge in [-0.1, -0.05) is 15.9 Å². The fourth-order valence-corrected chi connectivity index (χ4v) is 2.33. The number of nitrogens with zero attached hydrogens (tertiary/aromatic N) is 1. The maximum absolute atomic E-state index is 12.3. The predicted octanol–water partition coefficient (Wildman–Crippen LogP) is 1.43. The molecule has 5 heteroatoms. The summed E-state index contributed by atoms with van der Waals surface area (Å²) in [5.41, 5.74) is -0.615. The number of hydrogen-bond donors (Lipinski definition) is 0. The second-order valence-electron chi connectivity index (χ2n) is 4.16. The van der Waals surface area contributed by atoms with Gasteiger partial charge in [-0.25, -0.2) is 0 Å². The molecule has 0 saturated carbocycles. The van der Waals surface area contributed by atoms with Crippen molar-refractivity contribution in [1.82, 2.24) is 4.90 Å². The maximum Gasteiger partial charge on any atom is 0.254 e. The van der Waals surface area contributed by atoms with Crippen LogP contribution in [0.4, 0.5) is 0 Å². The molecule has 0 aromatic heterocycles. The lowest BCUT2D eigenvalue weighted by molar-refractivity contribution is -0.151. The van der Waals surface area contributed by atoms with E-state index in [9.17, 15) is 4.79 Å². The van der Waals surface area contributed by atoms with Gasteiger partial charge in [0.25, 0.3) is 5.91 Å². The van der Waals surface area contributed by atoms with E-state index in [1.807, 2.05) is 11.8 Å². The highest BCUT2D eigenvalue weighted by Crippen LogP contribution is 2.27. The fourth-order valence-electron chi connectivity index (χ4n) is 1.90. The summed E-state index contributed by atoms with van der Waals surface area (Å²) in [6.45, 7) is 4.46. The molecule has 1 aliphatic heterocycles. The number of amides is 1. The molecule has 0 bridgehead atoms. The van der Waals surface area contributed by atoms with E-state index in [4.69, 9.17) is 9.47 Å². The molecule has 1 heterocycles. The van der Waals surface area contributed by atoms with Crippen molar-refractivity contribution in [1.29, 1.82) is 0 Å². The lowest BCUT2D eigenvalue weighted by Crippen LogP contribution is -2.48. The maximum atomic E-state index is 12.3. The Balaban J connectivity index is 2.58. The van der Waals surface area contributed by atoms with Gasteiger partial charge >= 0.3 is 0 Å². The van der Waals surface area contributed by atoms with Gasteiger partial charge in [-0.3, -0.25) is 4.79 Å². The highest BCUT2D eigenvalue weighted by molar-refractivity contribution is 9.09. The number of rotatable bonds is 6. The van der Waals surface area contributed by atoms with Gasteiger partial charge < -0.3 is 14.4 Å². The van der Waals surface area contributed by atoms with E-state index < -0.39 is 5.60 Å². The molecule has 0 aromatic carbocycles. The van der Waals surface area contributed by atoms with Crippen LogP contribution in [0.5, 0.6) is 0 Å². The Labute approximate surface area is 105 Å². The van der Waals surface area contributed by atoms with Crippen LogP contribution in [-0.2, 0) is 14.3 Å². The molecule has 1 aliphatic rings. The summed E-state index contributed by atoms with van der Waals surface area (Å²) in [4.78, 5) is 14.1. The van der Waals surface area contributed by atoms with E-state index in [-0.39, 0.29) is 5.91 Å². The topological polar surface area (TPSA) is 38.8 Å². The number of carbonyl (C=O) groups excluding carboxylic acids is 1. The normalized spacial score (nSPS) is 24.7. The van der Waals surface area contributed by atoms with Crippen LogP contribution in [0.25, 0.3) is 0 Å². The van der Waals surface area contributed by atoms with Crippen LogP contribution in [0.3, 0.4) is 0 Å². The molecule has 1 unspecified atom stereocenters. The van der Waals surface area contributed by atoms with Gasteiger partial charge in [-0.05, 0) is 19.8 Å². The summed E-state index contributed by atoms with van der Waals surface area (Å²) in [5, 5.41) is 0.776. The van der Waals surface area contributed by atoms with E-state index in [1.165, 1.54) is 0 Å². The van der Waals surface area contributed by atoms with E-state index in [0.29, 0.717) is 26.3 Å². The van der Waals surface area contributed by atoms with E-state index >= 15 is 0 Å². The summed E-state index contributed by atoms with van der Waals surface area (Å²) >= 11 is 3.36. The summed E-state index contributed by atoms with van der Waals surface area (Å²) < 4.78 is 10.6. The number of hydrogen-bond acceptors (Lipinski definition) is 3.